The lowest BCUT2D eigenvalue weighted by Gasteiger charge is -2.37. The van der Waals surface area contributed by atoms with Gasteiger partial charge in [-0.1, -0.05) is 18.2 Å². The number of rotatable bonds is 1. The summed E-state index contributed by atoms with van der Waals surface area (Å²) in [6.07, 6.45) is 0.793. The van der Waals surface area contributed by atoms with E-state index in [0.29, 0.717) is 0 Å². The van der Waals surface area contributed by atoms with Gasteiger partial charge in [-0.2, -0.15) is 0 Å². The van der Waals surface area contributed by atoms with E-state index >= 15 is 0 Å². The molecule has 1 aliphatic heterocycles. The van der Waals surface area contributed by atoms with Gasteiger partial charge in [0, 0.05) is 11.3 Å². The van der Waals surface area contributed by atoms with Gasteiger partial charge < -0.3 is 10.1 Å². The second-order valence-corrected chi connectivity index (χ2v) is 5.56. The zero-order chi connectivity index (χ0) is 14.3. The van der Waals surface area contributed by atoms with Crippen molar-refractivity contribution in [2.75, 3.05) is 5.32 Å². The van der Waals surface area contributed by atoms with Crippen molar-refractivity contribution in [3.8, 4) is 11.1 Å². The normalized spacial score (nSPS) is 17.4. The fourth-order valence-electron chi connectivity index (χ4n) is 2.65. The minimum Gasteiger partial charge on any atom is -0.354 e. The van der Waals surface area contributed by atoms with Gasteiger partial charge in [0.1, 0.15) is 5.82 Å². The van der Waals surface area contributed by atoms with E-state index in [2.05, 4.69) is 11.4 Å². The summed E-state index contributed by atoms with van der Waals surface area (Å²) in [4.78, 5) is 0. The molecule has 3 rings (SSSR count). The van der Waals surface area contributed by atoms with Crippen LogP contribution in [0.25, 0.3) is 11.1 Å². The molecule has 0 amide bonds. The van der Waals surface area contributed by atoms with Crippen molar-refractivity contribution in [2.24, 2.45) is 0 Å². The van der Waals surface area contributed by atoms with Crippen LogP contribution in [0.3, 0.4) is 0 Å². The molecule has 1 radical (unpaired) electrons. The average Bonchev–Trinajstić information content (AvgIpc) is 2.37. The topological polar surface area (TPSA) is 21.3 Å². The number of fused-ring (bicyclic) bond motifs is 1. The molecule has 0 unspecified atom stereocenters. The largest absolute Gasteiger partial charge is 0.354 e. The van der Waals surface area contributed by atoms with E-state index in [1.165, 1.54) is 6.07 Å². The second kappa shape index (κ2) is 4.60. The third kappa shape index (κ3) is 2.29. The number of anilines is 1. The van der Waals surface area contributed by atoms with Crippen LogP contribution in [0.4, 0.5) is 10.1 Å². The predicted molar refractivity (Wildman–Crippen MR) is 78.5 cm³/mol. The number of ether oxygens (including phenoxy) is 1. The van der Waals surface area contributed by atoms with Gasteiger partial charge in [-0.25, -0.2) is 4.39 Å². The highest BCUT2D eigenvalue weighted by Crippen LogP contribution is 2.40. The number of nitrogens with one attached hydrogen (secondary N) is 1. The van der Waals surface area contributed by atoms with Gasteiger partial charge in [0.25, 0.3) is 0 Å². The Morgan fingerprint density at radius 3 is 2.55 bits per heavy atom. The highest BCUT2D eigenvalue weighted by Gasteiger charge is 2.32. The molecule has 0 fully saturated rings. The fourth-order valence-corrected chi connectivity index (χ4v) is 2.65. The summed E-state index contributed by atoms with van der Waals surface area (Å²) in [5.74, 6) is -0.224. The average molecular weight is 270 g/mol. The Balaban J connectivity index is 2.09. The van der Waals surface area contributed by atoms with Crippen molar-refractivity contribution in [3.63, 3.8) is 0 Å². The maximum Gasteiger partial charge on any atom is 0.184 e. The van der Waals surface area contributed by atoms with E-state index in [4.69, 9.17) is 4.74 Å². The van der Waals surface area contributed by atoms with Crippen LogP contribution >= 0.6 is 0 Å². The monoisotopic (exact) mass is 270 g/mol. The number of hydrogen-bond donors (Lipinski definition) is 1. The van der Waals surface area contributed by atoms with Crippen LogP contribution in [-0.2, 0) is 10.3 Å². The molecule has 2 nitrogen and oxygen atoms in total. The summed E-state index contributed by atoms with van der Waals surface area (Å²) in [6, 6.07) is 12.7. The van der Waals surface area contributed by atoms with Gasteiger partial charge in [0.15, 0.2) is 6.23 Å². The molecule has 2 aromatic carbocycles. The fraction of sp³-hybridized carbons (Fsp3) is 0.235. The van der Waals surface area contributed by atoms with Crippen molar-refractivity contribution >= 4 is 5.69 Å². The number of halogens is 1. The summed E-state index contributed by atoms with van der Waals surface area (Å²) in [6.45, 7) is 5.97. The van der Waals surface area contributed by atoms with Crippen LogP contribution < -0.4 is 5.32 Å². The van der Waals surface area contributed by atoms with E-state index in [1.807, 2.05) is 39.0 Å². The molecule has 0 bridgehead atoms. The Hall–Kier alpha value is -1.87. The van der Waals surface area contributed by atoms with E-state index < -0.39 is 5.60 Å². The zero-order valence-corrected chi connectivity index (χ0v) is 11.8. The molecule has 0 spiro atoms. The van der Waals surface area contributed by atoms with Crippen molar-refractivity contribution in [2.45, 2.75) is 26.4 Å². The first-order valence-electron chi connectivity index (χ1n) is 6.66. The summed E-state index contributed by atoms with van der Waals surface area (Å²) in [7, 11) is 0. The van der Waals surface area contributed by atoms with Gasteiger partial charge in [0.2, 0.25) is 0 Å². The molecular weight excluding hydrogens is 253 g/mol. The molecule has 0 atom stereocenters. The Bertz CT molecular complexity index is 651. The third-order valence-corrected chi connectivity index (χ3v) is 3.55. The van der Waals surface area contributed by atoms with Crippen LogP contribution in [-0.4, -0.2) is 0 Å². The van der Waals surface area contributed by atoms with Crippen LogP contribution in [0.5, 0.6) is 0 Å². The van der Waals surface area contributed by atoms with Crippen molar-refractivity contribution in [3.05, 3.63) is 60.1 Å². The lowest BCUT2D eigenvalue weighted by molar-refractivity contribution is -0.00915. The SMILES string of the molecule is C[C]1Nc2ccc(-c3cccc(F)c3)cc2C(C)(C)O1. The minimum atomic E-state index is -0.395. The Labute approximate surface area is 118 Å². The lowest BCUT2D eigenvalue weighted by Crippen LogP contribution is -2.32. The maximum atomic E-state index is 13.4. The molecule has 0 saturated carbocycles. The number of benzene rings is 2. The molecule has 103 valence electrons. The Morgan fingerprint density at radius 1 is 1.05 bits per heavy atom. The quantitative estimate of drug-likeness (QED) is 0.812. The third-order valence-electron chi connectivity index (χ3n) is 3.55. The molecule has 0 saturated heterocycles. The summed E-state index contributed by atoms with van der Waals surface area (Å²) < 4.78 is 19.2. The molecule has 3 heteroatoms. The van der Waals surface area contributed by atoms with Gasteiger partial charge in [-0.05, 0) is 56.2 Å². The van der Waals surface area contributed by atoms with Gasteiger partial charge in [-0.15, -0.1) is 0 Å². The van der Waals surface area contributed by atoms with E-state index in [9.17, 15) is 4.39 Å². The Morgan fingerprint density at radius 2 is 1.80 bits per heavy atom. The second-order valence-electron chi connectivity index (χ2n) is 5.56. The van der Waals surface area contributed by atoms with Gasteiger partial charge in [0.05, 0.1) is 5.60 Å². The van der Waals surface area contributed by atoms with Crippen LogP contribution in [0.2, 0.25) is 0 Å². The Kier molecular flexibility index (Phi) is 3.02. The van der Waals surface area contributed by atoms with Crippen LogP contribution in [0.15, 0.2) is 42.5 Å². The molecule has 2 aromatic rings. The zero-order valence-electron chi connectivity index (χ0n) is 11.8. The van der Waals surface area contributed by atoms with Gasteiger partial charge in [-0.3, -0.25) is 0 Å². The molecule has 1 heterocycles. The predicted octanol–water partition coefficient (Wildman–Crippen LogP) is 4.68. The van der Waals surface area contributed by atoms with Crippen LogP contribution in [0, 0.1) is 12.0 Å². The molecule has 0 aliphatic carbocycles. The van der Waals surface area contributed by atoms with Crippen molar-refractivity contribution in [1.29, 1.82) is 0 Å². The first kappa shape index (κ1) is 13.1. The van der Waals surface area contributed by atoms with Gasteiger partial charge >= 0.3 is 0 Å². The summed E-state index contributed by atoms with van der Waals surface area (Å²) in [5.41, 5.74) is 3.58. The summed E-state index contributed by atoms with van der Waals surface area (Å²) >= 11 is 0. The highest BCUT2D eigenvalue weighted by molar-refractivity contribution is 5.70. The highest BCUT2D eigenvalue weighted by atomic mass is 19.1. The first-order valence-corrected chi connectivity index (χ1v) is 6.66. The smallest absolute Gasteiger partial charge is 0.184 e. The standard InChI is InChI=1S/C17H17FNO/c1-11-19-16-8-7-13(10-15(16)17(2,3)20-11)12-5-4-6-14(18)9-12/h4-10,19H,1-3H3. The van der Waals surface area contributed by atoms with E-state index in [1.54, 1.807) is 12.1 Å². The van der Waals surface area contributed by atoms with E-state index in [-0.39, 0.29) is 5.82 Å². The first-order chi connectivity index (χ1) is 9.45. The lowest BCUT2D eigenvalue weighted by atomic mass is 9.91. The summed E-state index contributed by atoms with van der Waals surface area (Å²) in [5, 5.41) is 3.23. The van der Waals surface area contributed by atoms with Crippen molar-refractivity contribution < 1.29 is 9.13 Å². The molecule has 20 heavy (non-hydrogen) atoms. The molecule has 1 N–H and O–H groups in total. The van der Waals surface area contributed by atoms with Crippen LogP contribution in [0.1, 0.15) is 26.3 Å². The molecule has 1 aliphatic rings. The maximum absolute atomic E-state index is 13.4. The minimum absolute atomic E-state index is 0.224. The molecule has 0 aromatic heterocycles. The molecular formula is C17H17FNO. The van der Waals surface area contributed by atoms with Crippen molar-refractivity contribution in [1.82, 2.24) is 0 Å². The number of hydrogen-bond acceptors (Lipinski definition) is 2. The van der Waals surface area contributed by atoms with E-state index in [0.717, 1.165) is 28.6 Å².